The molecule has 70 valence electrons. The van der Waals surface area contributed by atoms with Crippen LogP contribution >= 0.6 is 0 Å². The highest BCUT2D eigenvalue weighted by atomic mass is 32.2. The standard InChI is InChI=1S/C6H13N3O2S/c1-9(4-6(7)8)12(10,11)5-2-3-5/h5H,2-4H2,1H3,(H3,7,8). The summed E-state index contributed by atoms with van der Waals surface area (Å²) >= 11 is 0. The molecule has 0 atom stereocenters. The number of rotatable bonds is 4. The Balaban J connectivity index is 2.61. The SMILES string of the molecule is CN(CC(=N)N)S(=O)(=O)C1CC1. The van der Waals surface area contributed by atoms with E-state index >= 15 is 0 Å². The van der Waals surface area contributed by atoms with Gasteiger partial charge in [-0.1, -0.05) is 0 Å². The fourth-order valence-corrected chi connectivity index (χ4v) is 2.51. The number of nitrogens with two attached hydrogens (primary N) is 1. The van der Waals surface area contributed by atoms with E-state index in [2.05, 4.69) is 0 Å². The average molecular weight is 191 g/mol. The molecule has 0 aromatic heterocycles. The van der Waals surface area contributed by atoms with Gasteiger partial charge < -0.3 is 5.73 Å². The minimum absolute atomic E-state index is 0.00116. The number of nitrogens with zero attached hydrogens (tertiary/aromatic N) is 1. The van der Waals surface area contributed by atoms with Gasteiger partial charge in [0.2, 0.25) is 10.0 Å². The van der Waals surface area contributed by atoms with Crippen molar-refractivity contribution < 1.29 is 8.42 Å². The molecule has 1 fully saturated rings. The van der Waals surface area contributed by atoms with Crippen molar-refractivity contribution >= 4 is 15.9 Å². The molecule has 0 aliphatic heterocycles. The maximum atomic E-state index is 11.4. The first-order valence-electron chi connectivity index (χ1n) is 3.72. The largest absolute Gasteiger partial charge is 0.387 e. The first-order valence-corrected chi connectivity index (χ1v) is 5.23. The smallest absolute Gasteiger partial charge is 0.217 e. The first-order chi connectivity index (χ1) is 5.44. The van der Waals surface area contributed by atoms with E-state index in [1.54, 1.807) is 0 Å². The maximum absolute atomic E-state index is 11.4. The van der Waals surface area contributed by atoms with Gasteiger partial charge in [-0.3, -0.25) is 5.41 Å². The Morgan fingerprint density at radius 2 is 2.17 bits per heavy atom. The molecule has 5 nitrogen and oxygen atoms in total. The third-order valence-electron chi connectivity index (χ3n) is 1.77. The number of nitrogens with one attached hydrogen (secondary N) is 1. The third-order valence-corrected chi connectivity index (χ3v) is 4.08. The van der Waals surface area contributed by atoms with Crippen LogP contribution in [-0.2, 0) is 10.0 Å². The molecule has 1 aliphatic rings. The van der Waals surface area contributed by atoms with E-state index in [-0.39, 0.29) is 17.6 Å². The van der Waals surface area contributed by atoms with Crippen molar-refractivity contribution in [3.8, 4) is 0 Å². The Morgan fingerprint density at radius 1 is 1.67 bits per heavy atom. The number of amidine groups is 1. The van der Waals surface area contributed by atoms with Crippen molar-refractivity contribution in [2.45, 2.75) is 18.1 Å². The zero-order valence-corrected chi connectivity index (χ0v) is 7.76. The Bertz CT molecular complexity index is 281. The van der Waals surface area contributed by atoms with Crippen LogP contribution in [0.15, 0.2) is 0 Å². The maximum Gasteiger partial charge on any atom is 0.217 e. The van der Waals surface area contributed by atoms with Crippen LogP contribution in [0.1, 0.15) is 12.8 Å². The summed E-state index contributed by atoms with van der Waals surface area (Å²) in [4.78, 5) is 0. The summed E-state index contributed by atoms with van der Waals surface area (Å²) in [6.45, 7) is -0.00116. The fourth-order valence-electron chi connectivity index (χ4n) is 0.950. The van der Waals surface area contributed by atoms with E-state index in [1.165, 1.54) is 7.05 Å². The lowest BCUT2D eigenvalue weighted by molar-refractivity contribution is 0.503. The predicted molar refractivity (Wildman–Crippen MR) is 46.5 cm³/mol. The zero-order chi connectivity index (χ0) is 9.35. The molecule has 12 heavy (non-hydrogen) atoms. The van der Waals surface area contributed by atoms with Gasteiger partial charge in [0.1, 0.15) is 5.84 Å². The summed E-state index contributed by atoms with van der Waals surface area (Å²) in [7, 11) is -1.69. The Morgan fingerprint density at radius 3 is 2.50 bits per heavy atom. The Labute approximate surface area is 72.1 Å². The van der Waals surface area contributed by atoms with E-state index in [0.717, 1.165) is 17.1 Å². The molecule has 0 spiro atoms. The second-order valence-corrected chi connectivity index (χ2v) is 5.35. The highest BCUT2D eigenvalue weighted by Gasteiger charge is 2.38. The van der Waals surface area contributed by atoms with E-state index in [4.69, 9.17) is 11.1 Å². The van der Waals surface area contributed by atoms with E-state index in [1.807, 2.05) is 0 Å². The molecule has 0 aromatic rings. The van der Waals surface area contributed by atoms with Crippen molar-refractivity contribution in [2.24, 2.45) is 5.73 Å². The number of hydrogen-bond donors (Lipinski definition) is 2. The third kappa shape index (κ3) is 1.95. The van der Waals surface area contributed by atoms with E-state index < -0.39 is 10.0 Å². The van der Waals surface area contributed by atoms with Crippen LogP contribution in [0.2, 0.25) is 0 Å². The highest BCUT2D eigenvalue weighted by molar-refractivity contribution is 7.90. The van der Waals surface area contributed by atoms with Crippen LogP contribution in [0.5, 0.6) is 0 Å². The second kappa shape index (κ2) is 3.02. The predicted octanol–water partition coefficient (Wildman–Crippen LogP) is -0.654. The number of sulfonamides is 1. The van der Waals surface area contributed by atoms with Crippen LogP contribution in [-0.4, -0.2) is 37.4 Å². The monoisotopic (exact) mass is 191 g/mol. The van der Waals surface area contributed by atoms with Gasteiger partial charge in [-0.2, -0.15) is 4.31 Å². The zero-order valence-electron chi connectivity index (χ0n) is 6.95. The Kier molecular flexibility index (Phi) is 2.39. The van der Waals surface area contributed by atoms with Crippen LogP contribution in [0.25, 0.3) is 0 Å². The van der Waals surface area contributed by atoms with Gasteiger partial charge in [-0.15, -0.1) is 0 Å². The number of likely N-dealkylation sites (N-methyl/N-ethyl adjacent to an activating group) is 1. The fraction of sp³-hybridized carbons (Fsp3) is 0.833. The van der Waals surface area contributed by atoms with Crippen LogP contribution in [0.4, 0.5) is 0 Å². The quantitative estimate of drug-likeness (QED) is 0.457. The van der Waals surface area contributed by atoms with Crippen molar-refractivity contribution in [1.82, 2.24) is 4.31 Å². The molecule has 0 bridgehead atoms. The molecule has 3 N–H and O–H groups in total. The van der Waals surface area contributed by atoms with Crippen molar-refractivity contribution in [1.29, 1.82) is 5.41 Å². The van der Waals surface area contributed by atoms with Gasteiger partial charge in [0.15, 0.2) is 0 Å². The molecule has 0 amide bonds. The summed E-state index contributed by atoms with van der Waals surface area (Å²) in [5.74, 6) is -0.123. The minimum Gasteiger partial charge on any atom is -0.387 e. The molecule has 0 unspecified atom stereocenters. The molecule has 0 heterocycles. The van der Waals surface area contributed by atoms with Crippen molar-refractivity contribution in [2.75, 3.05) is 13.6 Å². The molecule has 0 radical (unpaired) electrons. The van der Waals surface area contributed by atoms with Gasteiger partial charge in [0, 0.05) is 7.05 Å². The molecule has 1 rings (SSSR count). The topological polar surface area (TPSA) is 87.2 Å². The normalized spacial score (nSPS) is 18.2. The summed E-state index contributed by atoms with van der Waals surface area (Å²) < 4.78 is 23.9. The highest BCUT2D eigenvalue weighted by Crippen LogP contribution is 2.29. The molecule has 6 heteroatoms. The minimum atomic E-state index is -3.15. The lowest BCUT2D eigenvalue weighted by Gasteiger charge is -2.15. The summed E-state index contributed by atoms with van der Waals surface area (Å²) in [5.41, 5.74) is 5.09. The molecule has 0 saturated heterocycles. The van der Waals surface area contributed by atoms with Gasteiger partial charge in [0.05, 0.1) is 11.8 Å². The van der Waals surface area contributed by atoms with Gasteiger partial charge >= 0.3 is 0 Å². The molecular weight excluding hydrogens is 178 g/mol. The lowest BCUT2D eigenvalue weighted by Crippen LogP contribution is -2.36. The van der Waals surface area contributed by atoms with E-state index in [0.29, 0.717) is 0 Å². The molecule has 1 aliphatic carbocycles. The number of hydrogen-bond acceptors (Lipinski definition) is 3. The Hall–Kier alpha value is -0.620. The van der Waals surface area contributed by atoms with Gasteiger partial charge in [-0.05, 0) is 12.8 Å². The van der Waals surface area contributed by atoms with E-state index in [9.17, 15) is 8.42 Å². The second-order valence-electron chi connectivity index (χ2n) is 3.03. The van der Waals surface area contributed by atoms with Crippen LogP contribution in [0, 0.1) is 5.41 Å². The summed E-state index contributed by atoms with van der Waals surface area (Å²) in [6.07, 6.45) is 1.48. The van der Waals surface area contributed by atoms with Crippen molar-refractivity contribution in [3.05, 3.63) is 0 Å². The molecular formula is C6H13N3O2S. The van der Waals surface area contributed by atoms with Gasteiger partial charge in [0.25, 0.3) is 0 Å². The lowest BCUT2D eigenvalue weighted by atomic mass is 10.6. The molecule has 0 aromatic carbocycles. The first kappa shape index (κ1) is 9.47. The van der Waals surface area contributed by atoms with Crippen molar-refractivity contribution in [3.63, 3.8) is 0 Å². The van der Waals surface area contributed by atoms with Crippen LogP contribution < -0.4 is 5.73 Å². The summed E-state index contributed by atoms with van der Waals surface area (Å²) in [5, 5.41) is 6.72. The molecule has 1 saturated carbocycles. The summed E-state index contributed by atoms with van der Waals surface area (Å²) in [6, 6.07) is 0. The van der Waals surface area contributed by atoms with Gasteiger partial charge in [-0.25, -0.2) is 8.42 Å². The van der Waals surface area contributed by atoms with Crippen LogP contribution in [0.3, 0.4) is 0 Å². The average Bonchev–Trinajstić information content (AvgIpc) is 2.65.